The van der Waals surface area contributed by atoms with Crippen molar-refractivity contribution in [1.82, 2.24) is 0 Å². The Labute approximate surface area is 158 Å². The van der Waals surface area contributed by atoms with Gasteiger partial charge in [0.05, 0.1) is 11.6 Å². The molecule has 0 bridgehead atoms. The van der Waals surface area contributed by atoms with Crippen LogP contribution in [-0.2, 0) is 14.3 Å². The molecule has 0 N–H and O–H groups in total. The van der Waals surface area contributed by atoms with E-state index in [1.165, 1.54) is 0 Å². The number of esters is 1. The average Bonchev–Trinajstić information content (AvgIpc) is 2.69. The van der Waals surface area contributed by atoms with Gasteiger partial charge in [0, 0.05) is 12.2 Å². The molecule has 1 amide bonds. The quantitative estimate of drug-likeness (QED) is 0.703. The van der Waals surface area contributed by atoms with Crippen molar-refractivity contribution >= 4 is 17.6 Å². The summed E-state index contributed by atoms with van der Waals surface area (Å²) in [5.41, 5.74) is 1.24. The van der Waals surface area contributed by atoms with Gasteiger partial charge in [0.2, 0.25) is 0 Å². The van der Waals surface area contributed by atoms with Crippen molar-refractivity contribution in [3.8, 4) is 11.8 Å². The molecule has 2 aromatic carbocycles. The molecule has 6 heteroatoms. The van der Waals surface area contributed by atoms with Crippen LogP contribution in [0.25, 0.3) is 0 Å². The fraction of sp³-hybridized carbons (Fsp3) is 0.286. The van der Waals surface area contributed by atoms with Crippen molar-refractivity contribution in [3.05, 3.63) is 60.2 Å². The molecule has 0 heterocycles. The molecule has 0 saturated carbocycles. The molecule has 0 spiro atoms. The maximum atomic E-state index is 12.6. The third kappa shape index (κ3) is 5.32. The van der Waals surface area contributed by atoms with Gasteiger partial charge < -0.3 is 14.4 Å². The summed E-state index contributed by atoms with van der Waals surface area (Å²) in [6.45, 7) is 5.41. The van der Waals surface area contributed by atoms with Crippen molar-refractivity contribution in [3.63, 3.8) is 0 Å². The van der Waals surface area contributed by atoms with Gasteiger partial charge in [-0.25, -0.2) is 4.79 Å². The van der Waals surface area contributed by atoms with Gasteiger partial charge >= 0.3 is 5.97 Å². The summed E-state index contributed by atoms with van der Waals surface area (Å²) in [5, 5.41) is 8.80. The fourth-order valence-corrected chi connectivity index (χ4v) is 2.47. The van der Waals surface area contributed by atoms with Gasteiger partial charge in [0.25, 0.3) is 5.91 Å². The van der Waals surface area contributed by atoms with Crippen LogP contribution in [0.2, 0.25) is 0 Å². The zero-order valence-corrected chi connectivity index (χ0v) is 15.6. The number of benzene rings is 2. The summed E-state index contributed by atoms with van der Waals surface area (Å²) >= 11 is 0. The summed E-state index contributed by atoms with van der Waals surface area (Å²) in [4.78, 5) is 26.5. The molecule has 2 aromatic rings. The highest BCUT2D eigenvalue weighted by atomic mass is 16.6. The summed E-state index contributed by atoms with van der Waals surface area (Å²) in [5.74, 6) is -0.496. The topological polar surface area (TPSA) is 79.6 Å². The number of hydrogen-bond acceptors (Lipinski definition) is 5. The lowest BCUT2D eigenvalue weighted by atomic mass is 10.2. The number of likely N-dealkylation sites (N-methyl/N-ethyl adjacent to an activating group) is 1. The Bertz CT molecular complexity index is 812. The number of amides is 1. The number of rotatable bonds is 7. The van der Waals surface area contributed by atoms with Gasteiger partial charge in [-0.15, -0.1) is 0 Å². The summed E-state index contributed by atoms with van der Waals surface area (Å²) in [7, 11) is 0. The van der Waals surface area contributed by atoms with Crippen molar-refractivity contribution in [2.45, 2.75) is 33.0 Å². The molecule has 0 unspecified atom stereocenters. The number of carbonyl (C=O) groups excluding carboxylic acids is 2. The molecular weight excluding hydrogens is 344 g/mol. The SMILES string of the molecule is CCN(C(=O)[C@H](C)OC(=O)[C@@H](C)Oc1ccc(C#N)cc1)c1ccccc1. The Kier molecular flexibility index (Phi) is 6.95. The lowest BCUT2D eigenvalue weighted by molar-refractivity contribution is -0.160. The predicted molar refractivity (Wildman–Crippen MR) is 101 cm³/mol. The molecule has 2 atom stereocenters. The van der Waals surface area contributed by atoms with E-state index in [0.29, 0.717) is 17.9 Å². The van der Waals surface area contributed by atoms with E-state index < -0.39 is 18.2 Å². The summed E-state index contributed by atoms with van der Waals surface area (Å²) in [6, 6.07) is 17.6. The molecule has 0 aliphatic heterocycles. The van der Waals surface area contributed by atoms with Gasteiger partial charge in [-0.3, -0.25) is 4.79 Å². The zero-order valence-electron chi connectivity index (χ0n) is 15.6. The van der Waals surface area contributed by atoms with Crippen molar-refractivity contribution in [2.24, 2.45) is 0 Å². The maximum Gasteiger partial charge on any atom is 0.347 e. The zero-order chi connectivity index (χ0) is 19.8. The number of nitriles is 1. The van der Waals surface area contributed by atoms with Crippen LogP contribution >= 0.6 is 0 Å². The van der Waals surface area contributed by atoms with E-state index in [9.17, 15) is 9.59 Å². The van der Waals surface area contributed by atoms with Gasteiger partial charge in [0.15, 0.2) is 12.2 Å². The number of ether oxygens (including phenoxy) is 2. The first-order chi connectivity index (χ1) is 13.0. The van der Waals surface area contributed by atoms with E-state index in [1.807, 2.05) is 43.3 Å². The molecule has 0 radical (unpaired) electrons. The smallest absolute Gasteiger partial charge is 0.347 e. The molecule has 27 heavy (non-hydrogen) atoms. The molecule has 6 nitrogen and oxygen atoms in total. The van der Waals surface area contributed by atoms with Crippen LogP contribution in [0.5, 0.6) is 5.75 Å². The lowest BCUT2D eigenvalue weighted by Crippen LogP contribution is -2.41. The summed E-state index contributed by atoms with van der Waals surface area (Å²) < 4.78 is 10.8. The second-order valence-electron chi connectivity index (χ2n) is 5.89. The summed E-state index contributed by atoms with van der Waals surface area (Å²) in [6.07, 6.45) is -1.83. The minimum atomic E-state index is -0.940. The highest BCUT2D eigenvalue weighted by molar-refractivity contribution is 5.97. The van der Waals surface area contributed by atoms with E-state index in [-0.39, 0.29) is 5.91 Å². The van der Waals surface area contributed by atoms with Crippen LogP contribution in [0.3, 0.4) is 0 Å². The second kappa shape index (κ2) is 9.39. The van der Waals surface area contributed by atoms with Crippen LogP contribution in [0.15, 0.2) is 54.6 Å². The van der Waals surface area contributed by atoms with Crippen LogP contribution in [-0.4, -0.2) is 30.6 Å². The first-order valence-electron chi connectivity index (χ1n) is 8.70. The van der Waals surface area contributed by atoms with Crippen molar-refractivity contribution in [1.29, 1.82) is 5.26 Å². The monoisotopic (exact) mass is 366 g/mol. The van der Waals surface area contributed by atoms with Crippen molar-refractivity contribution < 1.29 is 19.1 Å². The molecule has 2 rings (SSSR count). The molecule has 0 aliphatic carbocycles. The van der Waals surface area contributed by atoms with E-state index in [0.717, 1.165) is 5.69 Å². The first kappa shape index (κ1) is 20.0. The number of nitrogens with zero attached hydrogens (tertiary/aromatic N) is 2. The molecule has 140 valence electrons. The highest BCUT2D eigenvalue weighted by Crippen LogP contribution is 2.17. The minimum Gasteiger partial charge on any atom is -0.479 e. The van der Waals surface area contributed by atoms with E-state index in [1.54, 1.807) is 43.0 Å². The van der Waals surface area contributed by atoms with Gasteiger partial charge in [-0.05, 0) is 57.2 Å². The third-order valence-electron chi connectivity index (χ3n) is 3.92. The minimum absolute atomic E-state index is 0.303. The first-order valence-corrected chi connectivity index (χ1v) is 8.70. The van der Waals surface area contributed by atoms with Crippen LogP contribution < -0.4 is 9.64 Å². The van der Waals surface area contributed by atoms with Crippen LogP contribution in [0.4, 0.5) is 5.69 Å². The van der Waals surface area contributed by atoms with Gasteiger partial charge in [-0.1, -0.05) is 18.2 Å². The number of para-hydroxylation sites is 1. The third-order valence-corrected chi connectivity index (χ3v) is 3.92. The Morgan fingerprint density at radius 1 is 1.04 bits per heavy atom. The van der Waals surface area contributed by atoms with E-state index in [4.69, 9.17) is 14.7 Å². The number of hydrogen-bond donors (Lipinski definition) is 0. The Morgan fingerprint density at radius 3 is 2.22 bits per heavy atom. The molecular formula is C21H22N2O4. The Balaban J connectivity index is 1.96. The Morgan fingerprint density at radius 2 is 1.67 bits per heavy atom. The van der Waals surface area contributed by atoms with E-state index in [2.05, 4.69) is 0 Å². The van der Waals surface area contributed by atoms with Crippen LogP contribution in [0.1, 0.15) is 26.3 Å². The fourth-order valence-electron chi connectivity index (χ4n) is 2.47. The second-order valence-corrected chi connectivity index (χ2v) is 5.89. The van der Waals surface area contributed by atoms with E-state index >= 15 is 0 Å². The lowest BCUT2D eigenvalue weighted by Gasteiger charge is -2.25. The molecule has 0 fully saturated rings. The normalized spacial score (nSPS) is 12.4. The standard InChI is InChI=1S/C21H22N2O4/c1-4-23(18-8-6-5-7-9-18)20(24)15(2)27-21(25)16(3)26-19-12-10-17(14-22)11-13-19/h5-13,15-16H,4H2,1-3H3/t15-,16+/m0/s1. The average molecular weight is 366 g/mol. The van der Waals surface area contributed by atoms with Crippen LogP contribution in [0, 0.1) is 11.3 Å². The number of carbonyl (C=O) groups is 2. The van der Waals surface area contributed by atoms with Crippen molar-refractivity contribution in [2.75, 3.05) is 11.4 Å². The number of anilines is 1. The maximum absolute atomic E-state index is 12.6. The molecule has 0 aromatic heterocycles. The molecule has 0 saturated heterocycles. The molecule has 0 aliphatic rings. The van der Waals surface area contributed by atoms with Gasteiger partial charge in [-0.2, -0.15) is 5.26 Å². The highest BCUT2D eigenvalue weighted by Gasteiger charge is 2.27. The largest absolute Gasteiger partial charge is 0.479 e. The predicted octanol–water partition coefficient (Wildman–Crippen LogP) is 3.31. The van der Waals surface area contributed by atoms with Gasteiger partial charge in [0.1, 0.15) is 5.75 Å². The Hall–Kier alpha value is -3.33.